The summed E-state index contributed by atoms with van der Waals surface area (Å²) in [6.45, 7) is 0.236. The molecule has 2 heterocycles. The van der Waals surface area contributed by atoms with Crippen LogP contribution >= 0.6 is 0 Å². The number of rotatable bonds is 0. The molecule has 0 unspecified atom stereocenters. The van der Waals surface area contributed by atoms with Crippen molar-refractivity contribution < 1.29 is 13.6 Å². The molecule has 1 N–H and O–H groups in total. The average Bonchev–Trinajstić information content (AvgIpc) is 2.21. The summed E-state index contributed by atoms with van der Waals surface area (Å²) in [5, 5.41) is 2.58. The predicted octanol–water partition coefficient (Wildman–Crippen LogP) is -0.174. The highest BCUT2D eigenvalue weighted by molar-refractivity contribution is 5.79. The molecule has 2 aliphatic rings. The summed E-state index contributed by atoms with van der Waals surface area (Å²) in [6.07, 6.45) is -0.118. The summed E-state index contributed by atoms with van der Waals surface area (Å²) in [7, 11) is 0. The number of halogens is 2. The average molecular weight is 176 g/mol. The summed E-state index contributed by atoms with van der Waals surface area (Å²) < 4.78 is 25.6. The van der Waals surface area contributed by atoms with Crippen molar-refractivity contribution >= 4 is 5.91 Å². The van der Waals surface area contributed by atoms with Crippen molar-refractivity contribution in [1.29, 1.82) is 0 Å². The minimum absolute atomic E-state index is 0.118. The van der Waals surface area contributed by atoms with Crippen molar-refractivity contribution in [2.24, 2.45) is 0 Å². The molecule has 2 fully saturated rings. The highest BCUT2D eigenvalue weighted by Gasteiger charge is 2.46. The second-order valence-electron chi connectivity index (χ2n) is 3.42. The summed E-state index contributed by atoms with van der Waals surface area (Å²) in [4.78, 5) is 12.4. The van der Waals surface area contributed by atoms with Crippen LogP contribution in [0.15, 0.2) is 0 Å². The quantitative estimate of drug-likeness (QED) is 0.555. The third-order valence-corrected chi connectivity index (χ3v) is 2.37. The van der Waals surface area contributed by atoms with E-state index in [-0.39, 0.29) is 31.5 Å². The van der Waals surface area contributed by atoms with Gasteiger partial charge in [-0.05, 0) is 0 Å². The number of amides is 1. The molecular formula is C7H10F2N2O. The highest BCUT2D eigenvalue weighted by Crippen LogP contribution is 2.32. The first-order valence-corrected chi connectivity index (χ1v) is 3.95. The molecule has 1 amide bonds. The number of fused-ring (bicyclic) bond motifs is 1. The van der Waals surface area contributed by atoms with Crippen molar-refractivity contribution in [2.75, 3.05) is 19.6 Å². The largest absolute Gasteiger partial charge is 0.353 e. The lowest BCUT2D eigenvalue weighted by Gasteiger charge is -2.28. The van der Waals surface area contributed by atoms with Gasteiger partial charge in [0.15, 0.2) is 0 Å². The number of hydrogen-bond donors (Lipinski definition) is 1. The fourth-order valence-electron chi connectivity index (χ4n) is 1.82. The molecule has 1 atom stereocenters. The molecule has 3 nitrogen and oxygen atoms in total. The molecule has 0 aromatic carbocycles. The maximum absolute atomic E-state index is 12.8. The van der Waals surface area contributed by atoms with Gasteiger partial charge in [-0.15, -0.1) is 0 Å². The number of hydrogen-bond acceptors (Lipinski definition) is 2. The number of nitrogens with zero attached hydrogens (tertiary/aromatic N) is 1. The van der Waals surface area contributed by atoms with E-state index in [0.717, 1.165) is 0 Å². The minimum Gasteiger partial charge on any atom is -0.353 e. The van der Waals surface area contributed by atoms with Crippen LogP contribution in [0.1, 0.15) is 6.42 Å². The number of carbonyl (C=O) groups is 1. The van der Waals surface area contributed by atoms with Gasteiger partial charge < -0.3 is 5.32 Å². The molecule has 0 radical (unpaired) electrons. The Balaban J connectivity index is 2.07. The number of carbonyl (C=O) groups excluding carboxylic acids is 1. The standard InChI is InChI=1S/C7H10F2N2O/c8-7(9)1-5-2-10-6(12)3-11(5)4-7/h5H,1-4H2,(H,10,12)/t5-/m1/s1. The molecule has 5 heteroatoms. The third kappa shape index (κ3) is 1.29. The number of alkyl halides is 2. The van der Waals surface area contributed by atoms with Crippen LogP contribution in [-0.2, 0) is 4.79 Å². The molecule has 68 valence electrons. The Morgan fingerprint density at radius 3 is 3.08 bits per heavy atom. The Hall–Kier alpha value is -0.710. The van der Waals surface area contributed by atoms with E-state index in [1.807, 2.05) is 0 Å². The van der Waals surface area contributed by atoms with Crippen LogP contribution in [0.25, 0.3) is 0 Å². The SMILES string of the molecule is O=C1CN2CC(F)(F)C[C@@H]2CN1. The zero-order valence-corrected chi connectivity index (χ0v) is 6.52. The van der Waals surface area contributed by atoms with Crippen LogP contribution in [0, 0.1) is 0 Å². The van der Waals surface area contributed by atoms with Gasteiger partial charge >= 0.3 is 0 Å². The molecule has 12 heavy (non-hydrogen) atoms. The van der Waals surface area contributed by atoms with Gasteiger partial charge in [-0.2, -0.15) is 0 Å². The maximum Gasteiger partial charge on any atom is 0.262 e. The lowest BCUT2D eigenvalue weighted by molar-refractivity contribution is -0.124. The maximum atomic E-state index is 12.8. The molecule has 0 bridgehead atoms. The van der Waals surface area contributed by atoms with Crippen LogP contribution in [-0.4, -0.2) is 42.4 Å². The molecule has 2 saturated heterocycles. The van der Waals surface area contributed by atoms with Crippen molar-refractivity contribution in [3.8, 4) is 0 Å². The van der Waals surface area contributed by atoms with E-state index in [2.05, 4.69) is 5.32 Å². The van der Waals surface area contributed by atoms with Crippen LogP contribution < -0.4 is 5.32 Å². The van der Waals surface area contributed by atoms with Gasteiger partial charge in [-0.3, -0.25) is 9.69 Å². The summed E-state index contributed by atoms with van der Waals surface area (Å²) in [5.74, 6) is -2.75. The third-order valence-electron chi connectivity index (χ3n) is 2.37. The smallest absolute Gasteiger partial charge is 0.262 e. The molecule has 0 spiro atoms. The summed E-state index contributed by atoms with van der Waals surface area (Å²) in [5.41, 5.74) is 0. The van der Waals surface area contributed by atoms with Crippen molar-refractivity contribution in [3.63, 3.8) is 0 Å². The van der Waals surface area contributed by atoms with Crippen LogP contribution in [0.3, 0.4) is 0 Å². The van der Waals surface area contributed by atoms with Gasteiger partial charge in [0.1, 0.15) is 0 Å². The second kappa shape index (κ2) is 2.39. The van der Waals surface area contributed by atoms with Crippen molar-refractivity contribution in [2.45, 2.75) is 18.4 Å². The number of piperazine rings is 1. The van der Waals surface area contributed by atoms with Gasteiger partial charge in [0.05, 0.1) is 13.1 Å². The van der Waals surface area contributed by atoms with E-state index in [0.29, 0.717) is 6.54 Å². The first-order chi connectivity index (χ1) is 5.57. The van der Waals surface area contributed by atoms with Crippen LogP contribution in [0.4, 0.5) is 8.78 Å². The monoisotopic (exact) mass is 176 g/mol. The Morgan fingerprint density at radius 2 is 2.33 bits per heavy atom. The zero-order valence-electron chi connectivity index (χ0n) is 6.52. The van der Waals surface area contributed by atoms with E-state index in [9.17, 15) is 13.6 Å². The van der Waals surface area contributed by atoms with Crippen LogP contribution in [0.5, 0.6) is 0 Å². The molecule has 2 aliphatic heterocycles. The summed E-state index contributed by atoms with van der Waals surface area (Å²) in [6, 6.07) is -0.155. The van der Waals surface area contributed by atoms with Crippen molar-refractivity contribution in [3.05, 3.63) is 0 Å². The van der Waals surface area contributed by atoms with Gasteiger partial charge in [-0.1, -0.05) is 0 Å². The van der Waals surface area contributed by atoms with E-state index in [1.165, 1.54) is 0 Å². The van der Waals surface area contributed by atoms with Gasteiger partial charge in [0.25, 0.3) is 5.92 Å². The van der Waals surface area contributed by atoms with E-state index < -0.39 is 5.92 Å². The minimum atomic E-state index is -2.60. The first-order valence-electron chi connectivity index (χ1n) is 3.95. The van der Waals surface area contributed by atoms with Crippen LogP contribution in [0.2, 0.25) is 0 Å². The first kappa shape index (κ1) is 7.91. The normalized spacial score (nSPS) is 34.5. The lowest BCUT2D eigenvalue weighted by atomic mass is 10.1. The number of nitrogens with one attached hydrogen (secondary N) is 1. The van der Waals surface area contributed by atoms with Gasteiger partial charge in [-0.25, -0.2) is 8.78 Å². The fraction of sp³-hybridized carbons (Fsp3) is 0.857. The van der Waals surface area contributed by atoms with Crippen molar-refractivity contribution in [1.82, 2.24) is 10.2 Å². The molecule has 2 rings (SSSR count). The highest BCUT2D eigenvalue weighted by atomic mass is 19.3. The Kier molecular flexibility index (Phi) is 1.57. The lowest BCUT2D eigenvalue weighted by Crippen LogP contribution is -2.51. The Bertz CT molecular complexity index is 219. The van der Waals surface area contributed by atoms with E-state index >= 15 is 0 Å². The van der Waals surface area contributed by atoms with E-state index in [1.54, 1.807) is 4.90 Å². The molecular weight excluding hydrogens is 166 g/mol. The molecule has 0 aromatic heterocycles. The van der Waals surface area contributed by atoms with Gasteiger partial charge in [0.2, 0.25) is 5.91 Å². The topological polar surface area (TPSA) is 32.3 Å². The Morgan fingerprint density at radius 1 is 1.58 bits per heavy atom. The molecule has 0 saturated carbocycles. The van der Waals surface area contributed by atoms with E-state index in [4.69, 9.17) is 0 Å². The summed E-state index contributed by atoms with van der Waals surface area (Å²) >= 11 is 0. The second-order valence-corrected chi connectivity index (χ2v) is 3.42. The Labute approximate surface area is 68.7 Å². The molecule has 0 aliphatic carbocycles. The molecule has 0 aromatic rings. The fourth-order valence-corrected chi connectivity index (χ4v) is 1.82. The van der Waals surface area contributed by atoms with Gasteiger partial charge in [0, 0.05) is 19.0 Å². The predicted molar refractivity (Wildman–Crippen MR) is 37.9 cm³/mol. The zero-order chi connectivity index (χ0) is 8.77.